The van der Waals surface area contributed by atoms with Gasteiger partial charge in [-0.25, -0.2) is 4.98 Å². The van der Waals surface area contributed by atoms with Crippen LogP contribution in [0.4, 0.5) is 5.95 Å². The SMILES string of the molecule is Cn1c(-c2ccc(-c3ccccc3)cc2)cnc1NCc1ccccc1O. The van der Waals surface area contributed by atoms with Gasteiger partial charge in [-0.05, 0) is 22.8 Å². The van der Waals surface area contributed by atoms with Crippen LogP contribution in [0.5, 0.6) is 5.75 Å². The zero-order chi connectivity index (χ0) is 18.6. The highest BCUT2D eigenvalue weighted by Gasteiger charge is 2.09. The van der Waals surface area contributed by atoms with Crippen LogP contribution in [0.15, 0.2) is 85.1 Å². The molecule has 0 spiro atoms. The minimum Gasteiger partial charge on any atom is -0.508 e. The number of imidazole rings is 1. The lowest BCUT2D eigenvalue weighted by Gasteiger charge is -2.10. The van der Waals surface area contributed by atoms with Crippen molar-refractivity contribution >= 4 is 5.95 Å². The first-order valence-corrected chi connectivity index (χ1v) is 8.91. The zero-order valence-corrected chi connectivity index (χ0v) is 15.1. The Morgan fingerprint density at radius 2 is 1.44 bits per heavy atom. The Labute approximate surface area is 158 Å². The molecule has 0 unspecified atom stereocenters. The fourth-order valence-corrected chi connectivity index (χ4v) is 3.14. The zero-order valence-electron chi connectivity index (χ0n) is 15.1. The molecule has 1 heterocycles. The second-order valence-electron chi connectivity index (χ2n) is 6.45. The number of phenols is 1. The van der Waals surface area contributed by atoms with E-state index in [4.69, 9.17) is 0 Å². The molecule has 4 nitrogen and oxygen atoms in total. The largest absolute Gasteiger partial charge is 0.508 e. The molecule has 0 saturated heterocycles. The molecule has 134 valence electrons. The van der Waals surface area contributed by atoms with Gasteiger partial charge >= 0.3 is 0 Å². The van der Waals surface area contributed by atoms with Gasteiger partial charge in [-0.2, -0.15) is 0 Å². The molecule has 0 fully saturated rings. The predicted molar refractivity (Wildman–Crippen MR) is 110 cm³/mol. The fourth-order valence-electron chi connectivity index (χ4n) is 3.14. The first kappa shape index (κ1) is 16.9. The van der Waals surface area contributed by atoms with Gasteiger partial charge in [0.2, 0.25) is 5.95 Å². The van der Waals surface area contributed by atoms with Gasteiger partial charge in [0.25, 0.3) is 0 Å². The number of benzene rings is 3. The van der Waals surface area contributed by atoms with Crippen LogP contribution in [0.3, 0.4) is 0 Å². The van der Waals surface area contributed by atoms with E-state index in [1.54, 1.807) is 6.07 Å². The molecule has 3 aromatic carbocycles. The quantitative estimate of drug-likeness (QED) is 0.525. The number of hydrogen-bond donors (Lipinski definition) is 2. The van der Waals surface area contributed by atoms with Crippen molar-refractivity contribution in [3.05, 3.63) is 90.6 Å². The van der Waals surface area contributed by atoms with Crippen LogP contribution in [0.1, 0.15) is 5.56 Å². The monoisotopic (exact) mass is 355 g/mol. The molecule has 4 aromatic rings. The highest BCUT2D eigenvalue weighted by atomic mass is 16.3. The second kappa shape index (κ2) is 7.38. The third-order valence-electron chi connectivity index (χ3n) is 4.70. The number of aromatic hydroxyl groups is 1. The van der Waals surface area contributed by atoms with Crippen LogP contribution in [0, 0.1) is 0 Å². The Bertz CT molecular complexity index is 1040. The lowest BCUT2D eigenvalue weighted by molar-refractivity contribution is 0.469. The van der Waals surface area contributed by atoms with E-state index in [2.05, 4.69) is 46.7 Å². The van der Waals surface area contributed by atoms with Crippen molar-refractivity contribution in [1.82, 2.24) is 9.55 Å². The van der Waals surface area contributed by atoms with Crippen LogP contribution in [0.25, 0.3) is 22.4 Å². The average Bonchev–Trinajstić information content (AvgIpc) is 3.09. The topological polar surface area (TPSA) is 50.1 Å². The van der Waals surface area contributed by atoms with Crippen molar-refractivity contribution < 1.29 is 5.11 Å². The van der Waals surface area contributed by atoms with Gasteiger partial charge in [-0.3, -0.25) is 0 Å². The lowest BCUT2D eigenvalue weighted by Crippen LogP contribution is -2.05. The van der Waals surface area contributed by atoms with Crippen LogP contribution in [-0.2, 0) is 13.6 Å². The van der Waals surface area contributed by atoms with Crippen LogP contribution in [-0.4, -0.2) is 14.7 Å². The molecule has 0 bridgehead atoms. The molecular formula is C23H21N3O. The van der Waals surface area contributed by atoms with Crippen molar-refractivity contribution in [2.45, 2.75) is 6.54 Å². The summed E-state index contributed by atoms with van der Waals surface area (Å²) in [7, 11) is 1.99. The van der Waals surface area contributed by atoms with E-state index in [1.165, 1.54) is 11.1 Å². The molecule has 0 aliphatic carbocycles. The Hall–Kier alpha value is -3.53. The molecule has 0 amide bonds. The standard InChI is InChI=1S/C23H21N3O/c1-26-21(16-25-23(26)24-15-20-9-5-6-10-22(20)27)19-13-11-18(12-14-19)17-7-3-2-4-8-17/h2-14,16,27H,15H2,1H3,(H,24,25). The molecule has 2 N–H and O–H groups in total. The molecule has 27 heavy (non-hydrogen) atoms. The number of nitrogens with zero attached hydrogens (tertiary/aromatic N) is 2. The summed E-state index contributed by atoms with van der Waals surface area (Å²) in [4.78, 5) is 4.49. The van der Waals surface area contributed by atoms with Crippen LogP contribution >= 0.6 is 0 Å². The summed E-state index contributed by atoms with van der Waals surface area (Å²) in [5.41, 5.74) is 5.39. The summed E-state index contributed by atoms with van der Waals surface area (Å²) in [6.45, 7) is 0.518. The van der Waals surface area contributed by atoms with E-state index in [0.29, 0.717) is 6.54 Å². The number of phenolic OH excluding ortho intramolecular Hbond substituents is 1. The fraction of sp³-hybridized carbons (Fsp3) is 0.0870. The minimum atomic E-state index is 0.288. The maximum atomic E-state index is 9.89. The highest BCUT2D eigenvalue weighted by Crippen LogP contribution is 2.26. The van der Waals surface area contributed by atoms with E-state index in [9.17, 15) is 5.11 Å². The predicted octanol–water partition coefficient (Wildman–Crippen LogP) is 5.07. The molecule has 0 saturated carbocycles. The molecule has 4 heteroatoms. The first-order valence-electron chi connectivity index (χ1n) is 8.91. The van der Waals surface area contributed by atoms with E-state index < -0.39 is 0 Å². The van der Waals surface area contributed by atoms with E-state index in [-0.39, 0.29) is 5.75 Å². The summed E-state index contributed by atoms with van der Waals surface area (Å²) in [6, 6.07) is 26.2. The Balaban J connectivity index is 1.53. The number of anilines is 1. The Morgan fingerprint density at radius 3 is 2.19 bits per heavy atom. The normalized spacial score (nSPS) is 10.7. The van der Waals surface area contributed by atoms with Gasteiger partial charge in [-0.1, -0.05) is 72.8 Å². The van der Waals surface area contributed by atoms with Crippen molar-refractivity contribution in [3.8, 4) is 28.1 Å². The third-order valence-corrected chi connectivity index (χ3v) is 4.70. The van der Waals surface area contributed by atoms with Gasteiger partial charge < -0.3 is 15.0 Å². The molecule has 0 aliphatic rings. The van der Waals surface area contributed by atoms with Crippen molar-refractivity contribution in [1.29, 1.82) is 0 Å². The first-order chi connectivity index (χ1) is 13.2. The molecular weight excluding hydrogens is 334 g/mol. The summed E-state index contributed by atoms with van der Waals surface area (Å²) in [5.74, 6) is 1.05. The minimum absolute atomic E-state index is 0.288. The highest BCUT2D eigenvalue weighted by molar-refractivity contribution is 5.69. The molecule has 0 radical (unpaired) electrons. The molecule has 0 atom stereocenters. The van der Waals surface area contributed by atoms with Gasteiger partial charge in [-0.15, -0.1) is 0 Å². The third kappa shape index (κ3) is 3.55. The van der Waals surface area contributed by atoms with Crippen LogP contribution < -0.4 is 5.32 Å². The van der Waals surface area contributed by atoms with E-state index >= 15 is 0 Å². The number of aromatic nitrogens is 2. The summed E-state index contributed by atoms with van der Waals surface area (Å²) < 4.78 is 2.03. The van der Waals surface area contributed by atoms with Gasteiger partial charge in [0.05, 0.1) is 11.9 Å². The van der Waals surface area contributed by atoms with Crippen molar-refractivity contribution in [2.75, 3.05) is 5.32 Å². The maximum absolute atomic E-state index is 9.89. The van der Waals surface area contributed by atoms with Gasteiger partial charge in [0.1, 0.15) is 5.75 Å². The number of para-hydroxylation sites is 1. The van der Waals surface area contributed by atoms with Gasteiger partial charge in [0.15, 0.2) is 0 Å². The molecule has 1 aromatic heterocycles. The summed E-state index contributed by atoms with van der Waals surface area (Å²) >= 11 is 0. The Morgan fingerprint density at radius 1 is 0.815 bits per heavy atom. The average molecular weight is 355 g/mol. The smallest absolute Gasteiger partial charge is 0.203 e. The van der Waals surface area contributed by atoms with Crippen molar-refractivity contribution in [3.63, 3.8) is 0 Å². The molecule has 0 aliphatic heterocycles. The number of hydrogen-bond acceptors (Lipinski definition) is 3. The van der Waals surface area contributed by atoms with E-state index in [1.807, 2.05) is 54.2 Å². The lowest BCUT2D eigenvalue weighted by atomic mass is 10.0. The van der Waals surface area contributed by atoms with Crippen LogP contribution in [0.2, 0.25) is 0 Å². The summed E-state index contributed by atoms with van der Waals surface area (Å²) in [5, 5.41) is 13.2. The summed E-state index contributed by atoms with van der Waals surface area (Å²) in [6.07, 6.45) is 1.87. The van der Waals surface area contributed by atoms with E-state index in [0.717, 1.165) is 22.8 Å². The maximum Gasteiger partial charge on any atom is 0.203 e. The number of nitrogens with one attached hydrogen (secondary N) is 1. The van der Waals surface area contributed by atoms with Gasteiger partial charge in [0, 0.05) is 19.2 Å². The molecule has 4 rings (SSSR count). The number of rotatable bonds is 5. The van der Waals surface area contributed by atoms with Crippen molar-refractivity contribution in [2.24, 2.45) is 7.05 Å². The second-order valence-corrected chi connectivity index (χ2v) is 6.45. The Kier molecular flexibility index (Phi) is 4.62.